The number of aldehydes is 1. The van der Waals surface area contributed by atoms with Gasteiger partial charge in [0.25, 0.3) is 0 Å². The van der Waals surface area contributed by atoms with Crippen molar-refractivity contribution >= 4 is 33.1 Å². The van der Waals surface area contributed by atoms with E-state index in [2.05, 4.69) is 29.8 Å². The quantitative estimate of drug-likeness (QED) is 0.758. The highest BCUT2D eigenvalue weighted by atomic mass is 79.9. The van der Waals surface area contributed by atoms with Crippen LogP contribution in [-0.2, 0) is 0 Å². The number of hydrogen-bond donors (Lipinski definition) is 0. The Morgan fingerprint density at radius 3 is 2.73 bits per heavy atom. The Bertz CT molecular complexity index is 514. The summed E-state index contributed by atoms with van der Waals surface area (Å²) in [6, 6.07) is 8.22. The number of carbonyl (C=O) groups excluding carboxylic acids is 1. The van der Waals surface area contributed by atoms with Gasteiger partial charge in [0.1, 0.15) is 0 Å². The van der Waals surface area contributed by atoms with Crippen LogP contribution in [0.3, 0.4) is 0 Å². The third-order valence-corrected chi connectivity index (χ3v) is 3.19. The molecule has 0 fully saturated rings. The Kier molecular flexibility index (Phi) is 2.65. The number of halogens is 1. The van der Waals surface area contributed by atoms with Gasteiger partial charge in [-0.3, -0.25) is 4.79 Å². The number of nitrogens with zero attached hydrogens (tertiary/aromatic N) is 1. The molecule has 0 bridgehead atoms. The van der Waals surface area contributed by atoms with Gasteiger partial charge in [-0.25, -0.2) is 0 Å². The van der Waals surface area contributed by atoms with E-state index in [9.17, 15) is 4.79 Å². The van der Waals surface area contributed by atoms with Gasteiger partial charge in [0.05, 0.1) is 5.69 Å². The summed E-state index contributed by atoms with van der Waals surface area (Å²) in [5.74, 6) is 0. The van der Waals surface area contributed by atoms with Crippen LogP contribution < -0.4 is 0 Å². The maximum atomic E-state index is 11.0. The van der Waals surface area contributed by atoms with E-state index in [1.54, 1.807) is 0 Å². The van der Waals surface area contributed by atoms with Gasteiger partial charge in [-0.05, 0) is 32.0 Å². The summed E-state index contributed by atoms with van der Waals surface area (Å²) in [5, 5.41) is 1.09. The minimum absolute atomic E-state index is 0.289. The molecule has 0 aliphatic carbocycles. The van der Waals surface area contributed by atoms with Gasteiger partial charge in [0, 0.05) is 21.4 Å². The molecule has 2 aromatic rings. The van der Waals surface area contributed by atoms with E-state index in [-0.39, 0.29) is 6.04 Å². The standard InChI is InChI=1S/C12H12BrNO/c1-8(2)14-9(7-15)6-10-11(13)4-3-5-12(10)14/h3-8H,1-2H3. The first kappa shape index (κ1) is 10.4. The van der Waals surface area contributed by atoms with E-state index in [1.165, 1.54) is 0 Å². The molecule has 0 aliphatic rings. The summed E-state index contributed by atoms with van der Waals surface area (Å²) in [6.45, 7) is 4.15. The fourth-order valence-corrected chi connectivity index (χ4v) is 2.37. The van der Waals surface area contributed by atoms with Crippen LogP contribution in [0.4, 0.5) is 0 Å². The molecule has 0 atom stereocenters. The zero-order valence-corrected chi connectivity index (χ0v) is 10.3. The highest BCUT2D eigenvalue weighted by Gasteiger charge is 2.11. The minimum atomic E-state index is 0.289. The van der Waals surface area contributed by atoms with E-state index in [0.29, 0.717) is 0 Å². The van der Waals surface area contributed by atoms with Crippen molar-refractivity contribution in [3.8, 4) is 0 Å². The van der Waals surface area contributed by atoms with Gasteiger partial charge in [0.15, 0.2) is 6.29 Å². The second kappa shape index (κ2) is 3.81. The molecule has 0 unspecified atom stereocenters. The molecule has 0 radical (unpaired) electrons. The zero-order valence-electron chi connectivity index (χ0n) is 8.70. The summed E-state index contributed by atoms with van der Waals surface area (Å²) in [5.41, 5.74) is 1.83. The molecule has 78 valence electrons. The second-order valence-electron chi connectivity index (χ2n) is 3.82. The first-order chi connectivity index (χ1) is 7.15. The monoisotopic (exact) mass is 265 g/mol. The maximum Gasteiger partial charge on any atom is 0.166 e. The first-order valence-electron chi connectivity index (χ1n) is 4.89. The number of carbonyl (C=O) groups is 1. The highest BCUT2D eigenvalue weighted by Crippen LogP contribution is 2.28. The first-order valence-corrected chi connectivity index (χ1v) is 5.69. The molecule has 2 rings (SSSR count). The Morgan fingerprint density at radius 1 is 1.40 bits per heavy atom. The van der Waals surface area contributed by atoms with E-state index in [1.807, 2.05) is 28.8 Å². The molecule has 0 N–H and O–H groups in total. The lowest BCUT2D eigenvalue weighted by Crippen LogP contribution is -2.04. The second-order valence-corrected chi connectivity index (χ2v) is 4.68. The molecular weight excluding hydrogens is 254 g/mol. The summed E-state index contributed by atoms with van der Waals surface area (Å²) in [4.78, 5) is 11.0. The van der Waals surface area contributed by atoms with Crippen LogP contribution in [0.1, 0.15) is 30.4 Å². The Hall–Kier alpha value is -1.09. The van der Waals surface area contributed by atoms with Gasteiger partial charge in [-0.1, -0.05) is 22.0 Å². The molecule has 15 heavy (non-hydrogen) atoms. The Balaban J connectivity index is 2.86. The lowest BCUT2D eigenvalue weighted by Gasteiger charge is -2.11. The van der Waals surface area contributed by atoms with E-state index in [4.69, 9.17) is 0 Å². The van der Waals surface area contributed by atoms with Gasteiger partial charge in [0.2, 0.25) is 0 Å². The Morgan fingerprint density at radius 2 is 2.13 bits per heavy atom. The minimum Gasteiger partial charge on any atom is -0.336 e. The SMILES string of the molecule is CC(C)n1c(C=O)cc2c(Br)cccc21. The van der Waals surface area contributed by atoms with Crippen molar-refractivity contribution in [3.63, 3.8) is 0 Å². The predicted octanol–water partition coefficient (Wildman–Crippen LogP) is 3.80. The summed E-state index contributed by atoms with van der Waals surface area (Å²) >= 11 is 3.49. The fourth-order valence-electron chi connectivity index (χ4n) is 1.90. The van der Waals surface area contributed by atoms with Crippen LogP contribution >= 0.6 is 15.9 Å². The van der Waals surface area contributed by atoms with Crippen molar-refractivity contribution in [2.75, 3.05) is 0 Å². The molecule has 0 aliphatic heterocycles. The van der Waals surface area contributed by atoms with Gasteiger partial charge < -0.3 is 4.57 Å². The third-order valence-electron chi connectivity index (χ3n) is 2.50. The molecule has 2 nitrogen and oxygen atoms in total. The molecule has 0 spiro atoms. The van der Waals surface area contributed by atoms with Crippen LogP contribution in [0.2, 0.25) is 0 Å². The molecule has 1 aromatic heterocycles. The molecular formula is C12H12BrNO. The summed E-state index contributed by atoms with van der Waals surface area (Å²) in [7, 11) is 0. The zero-order chi connectivity index (χ0) is 11.0. The van der Waals surface area contributed by atoms with Gasteiger partial charge in [-0.2, -0.15) is 0 Å². The predicted molar refractivity (Wildman–Crippen MR) is 65.4 cm³/mol. The van der Waals surface area contributed by atoms with Gasteiger partial charge in [-0.15, -0.1) is 0 Å². The number of fused-ring (bicyclic) bond motifs is 1. The van der Waals surface area contributed by atoms with Crippen LogP contribution in [0, 0.1) is 0 Å². The van der Waals surface area contributed by atoms with Crippen molar-refractivity contribution in [1.29, 1.82) is 0 Å². The normalized spacial score (nSPS) is 11.2. The summed E-state index contributed by atoms with van der Waals surface area (Å²) in [6.07, 6.45) is 0.909. The van der Waals surface area contributed by atoms with Gasteiger partial charge >= 0.3 is 0 Å². The third kappa shape index (κ3) is 1.61. The molecule has 0 saturated carbocycles. The molecule has 1 heterocycles. The smallest absolute Gasteiger partial charge is 0.166 e. The molecule has 0 amide bonds. The number of aromatic nitrogens is 1. The molecule has 3 heteroatoms. The van der Waals surface area contributed by atoms with E-state index < -0.39 is 0 Å². The average molecular weight is 266 g/mol. The van der Waals surface area contributed by atoms with Crippen LogP contribution in [0.25, 0.3) is 10.9 Å². The largest absolute Gasteiger partial charge is 0.336 e. The van der Waals surface area contributed by atoms with E-state index >= 15 is 0 Å². The average Bonchev–Trinajstić information content (AvgIpc) is 2.57. The van der Waals surface area contributed by atoms with Crippen molar-refractivity contribution in [1.82, 2.24) is 4.57 Å². The van der Waals surface area contributed by atoms with Crippen LogP contribution in [0.15, 0.2) is 28.7 Å². The van der Waals surface area contributed by atoms with Crippen molar-refractivity contribution in [2.45, 2.75) is 19.9 Å². The number of rotatable bonds is 2. The summed E-state index contributed by atoms with van der Waals surface area (Å²) < 4.78 is 3.08. The lowest BCUT2D eigenvalue weighted by atomic mass is 10.2. The molecule has 1 aromatic carbocycles. The molecule has 0 saturated heterocycles. The van der Waals surface area contributed by atoms with E-state index in [0.717, 1.165) is 27.4 Å². The Labute approximate surface area is 97.0 Å². The lowest BCUT2D eigenvalue weighted by molar-refractivity contribution is 0.111. The van der Waals surface area contributed by atoms with Crippen molar-refractivity contribution in [2.24, 2.45) is 0 Å². The van der Waals surface area contributed by atoms with Crippen molar-refractivity contribution < 1.29 is 4.79 Å². The van der Waals surface area contributed by atoms with Crippen LogP contribution in [-0.4, -0.2) is 10.9 Å². The topological polar surface area (TPSA) is 22.0 Å². The highest BCUT2D eigenvalue weighted by molar-refractivity contribution is 9.10. The number of benzene rings is 1. The maximum absolute atomic E-state index is 11.0. The van der Waals surface area contributed by atoms with Crippen LogP contribution in [0.5, 0.6) is 0 Å². The number of hydrogen-bond acceptors (Lipinski definition) is 1. The van der Waals surface area contributed by atoms with Crippen molar-refractivity contribution in [3.05, 3.63) is 34.4 Å². The fraction of sp³-hybridized carbons (Fsp3) is 0.250.